The van der Waals surface area contributed by atoms with Gasteiger partial charge in [0.1, 0.15) is 0 Å². The van der Waals surface area contributed by atoms with Crippen LogP contribution in [0.4, 0.5) is 0 Å². The predicted molar refractivity (Wildman–Crippen MR) is 97.4 cm³/mol. The van der Waals surface area contributed by atoms with E-state index in [2.05, 4.69) is 5.32 Å². The minimum Gasteiger partial charge on any atom is -0.504 e. The van der Waals surface area contributed by atoms with E-state index in [1.807, 2.05) is 11.0 Å². The minimum atomic E-state index is -0.149. The molecule has 3 aliphatic rings. The second-order valence-electron chi connectivity index (χ2n) is 7.90. The van der Waals surface area contributed by atoms with E-state index < -0.39 is 0 Å². The van der Waals surface area contributed by atoms with Crippen LogP contribution in [0.15, 0.2) is 18.2 Å². The fourth-order valence-electron chi connectivity index (χ4n) is 4.81. The first-order chi connectivity index (χ1) is 12.6. The van der Waals surface area contributed by atoms with Crippen LogP contribution in [0.1, 0.15) is 37.7 Å². The Bertz CT molecular complexity index is 666. The molecular weight excluding hydrogens is 332 g/mol. The molecule has 1 spiro atoms. The molecule has 1 aromatic carbocycles. The fourth-order valence-corrected chi connectivity index (χ4v) is 4.81. The number of fused-ring (bicyclic) bond motifs is 2. The van der Waals surface area contributed by atoms with E-state index in [-0.39, 0.29) is 17.3 Å². The van der Waals surface area contributed by atoms with Gasteiger partial charge in [-0.2, -0.15) is 0 Å². The fraction of sp³-hybridized carbons (Fsp3) is 0.650. The molecule has 3 saturated heterocycles. The highest BCUT2D eigenvalue weighted by Gasteiger charge is 2.47. The molecule has 3 heterocycles. The van der Waals surface area contributed by atoms with Gasteiger partial charge in [0.25, 0.3) is 0 Å². The van der Waals surface area contributed by atoms with Gasteiger partial charge < -0.3 is 24.8 Å². The smallest absolute Gasteiger partial charge is 0.223 e. The van der Waals surface area contributed by atoms with Crippen LogP contribution in [0.2, 0.25) is 0 Å². The van der Waals surface area contributed by atoms with Crippen LogP contribution in [-0.2, 0) is 16.0 Å². The predicted octanol–water partition coefficient (Wildman–Crippen LogP) is 1.85. The Morgan fingerprint density at radius 1 is 1.38 bits per heavy atom. The maximum atomic E-state index is 12.8. The van der Waals surface area contributed by atoms with Crippen molar-refractivity contribution in [3.8, 4) is 11.5 Å². The lowest BCUT2D eigenvalue weighted by molar-refractivity contribution is -0.158. The van der Waals surface area contributed by atoms with E-state index in [0.29, 0.717) is 50.4 Å². The van der Waals surface area contributed by atoms with Gasteiger partial charge in [0.2, 0.25) is 5.91 Å². The monoisotopic (exact) mass is 360 g/mol. The Labute approximate surface area is 154 Å². The second-order valence-corrected chi connectivity index (χ2v) is 7.90. The maximum absolute atomic E-state index is 12.8. The molecular formula is C20H28N2O4. The number of rotatable bonds is 4. The highest BCUT2D eigenvalue weighted by Crippen LogP contribution is 2.38. The van der Waals surface area contributed by atoms with E-state index in [4.69, 9.17) is 9.47 Å². The van der Waals surface area contributed by atoms with Gasteiger partial charge in [0.15, 0.2) is 11.5 Å². The Hall–Kier alpha value is -1.79. The van der Waals surface area contributed by atoms with E-state index in [0.717, 1.165) is 18.4 Å². The van der Waals surface area contributed by atoms with Gasteiger partial charge in [-0.05, 0) is 49.8 Å². The molecule has 3 atom stereocenters. The summed E-state index contributed by atoms with van der Waals surface area (Å²) in [6.07, 6.45) is 5.55. The van der Waals surface area contributed by atoms with Crippen molar-refractivity contribution in [2.45, 2.75) is 56.2 Å². The van der Waals surface area contributed by atoms with Crippen LogP contribution in [-0.4, -0.2) is 60.4 Å². The van der Waals surface area contributed by atoms with E-state index in [9.17, 15) is 9.90 Å². The summed E-state index contributed by atoms with van der Waals surface area (Å²) in [4.78, 5) is 14.7. The summed E-state index contributed by atoms with van der Waals surface area (Å²) in [6.45, 7) is 2.03. The number of nitrogens with one attached hydrogen (secondary N) is 1. The quantitative estimate of drug-likeness (QED) is 0.857. The van der Waals surface area contributed by atoms with Gasteiger partial charge in [-0.15, -0.1) is 0 Å². The van der Waals surface area contributed by atoms with Crippen molar-refractivity contribution in [1.29, 1.82) is 0 Å². The largest absolute Gasteiger partial charge is 0.504 e. The Morgan fingerprint density at radius 2 is 2.15 bits per heavy atom. The third-order valence-corrected chi connectivity index (χ3v) is 6.04. The number of nitrogens with zero attached hydrogens (tertiary/aromatic N) is 1. The van der Waals surface area contributed by atoms with Gasteiger partial charge in [-0.25, -0.2) is 0 Å². The molecule has 1 aromatic rings. The number of ether oxygens (including phenoxy) is 2. The average Bonchev–Trinajstić information content (AvgIpc) is 2.99. The summed E-state index contributed by atoms with van der Waals surface area (Å²) in [5, 5.41) is 13.5. The molecule has 2 N–H and O–H groups in total. The Balaban J connectivity index is 1.35. The molecule has 4 rings (SSSR count). The molecule has 1 amide bonds. The van der Waals surface area contributed by atoms with Crippen molar-refractivity contribution in [3.05, 3.63) is 23.8 Å². The number of methoxy groups -OCH3 is 1. The highest BCUT2D eigenvalue weighted by atomic mass is 16.5. The summed E-state index contributed by atoms with van der Waals surface area (Å²) in [5.74, 6) is 0.748. The molecule has 0 aliphatic carbocycles. The Kier molecular flexibility index (Phi) is 4.80. The van der Waals surface area contributed by atoms with E-state index in [1.54, 1.807) is 12.1 Å². The summed E-state index contributed by atoms with van der Waals surface area (Å²) < 4.78 is 11.3. The molecule has 3 aliphatic heterocycles. The molecule has 142 valence electrons. The van der Waals surface area contributed by atoms with Crippen LogP contribution in [0.5, 0.6) is 11.5 Å². The third kappa shape index (κ3) is 3.53. The van der Waals surface area contributed by atoms with Gasteiger partial charge in [-0.1, -0.05) is 6.07 Å². The standard InChI is InChI=1S/C20H28N2O4/c1-25-18-6-2-14(10-17(18)23)3-7-19(24)22-8-9-26-20(13-22)11-15-4-5-16(12-20)21-15/h2,6,10,15-16,21,23H,3-5,7-9,11-13H2,1H3/t15-,16+,20?. The molecule has 0 saturated carbocycles. The lowest BCUT2D eigenvalue weighted by atomic mass is 9.85. The molecule has 26 heavy (non-hydrogen) atoms. The number of piperidine rings is 1. The lowest BCUT2D eigenvalue weighted by Crippen LogP contribution is -2.60. The number of phenolic OH excluding ortho intramolecular Hbond substituents is 1. The SMILES string of the molecule is COc1ccc(CCC(=O)N2CCOC3(C[C@H]4CC[C@@H](C3)N4)C2)cc1O. The van der Waals surface area contributed by atoms with Crippen molar-refractivity contribution in [2.75, 3.05) is 26.8 Å². The number of hydrogen-bond donors (Lipinski definition) is 2. The summed E-state index contributed by atoms with van der Waals surface area (Å²) in [5.41, 5.74) is 0.795. The molecule has 6 nitrogen and oxygen atoms in total. The molecule has 2 bridgehead atoms. The zero-order valence-corrected chi connectivity index (χ0v) is 15.4. The number of aryl methyl sites for hydroxylation is 1. The minimum absolute atomic E-state index is 0.118. The lowest BCUT2D eigenvalue weighted by Gasteiger charge is -2.47. The summed E-state index contributed by atoms with van der Waals surface area (Å²) in [7, 11) is 1.53. The number of hydrogen-bond acceptors (Lipinski definition) is 5. The normalized spacial score (nSPS) is 30.6. The van der Waals surface area contributed by atoms with Gasteiger partial charge >= 0.3 is 0 Å². The van der Waals surface area contributed by atoms with E-state index >= 15 is 0 Å². The van der Waals surface area contributed by atoms with Crippen LogP contribution in [0.3, 0.4) is 0 Å². The van der Waals surface area contributed by atoms with Crippen molar-refractivity contribution in [2.24, 2.45) is 0 Å². The maximum Gasteiger partial charge on any atom is 0.223 e. The number of carbonyl (C=O) groups excluding carboxylic acids is 1. The van der Waals surface area contributed by atoms with Crippen molar-refractivity contribution in [3.63, 3.8) is 0 Å². The van der Waals surface area contributed by atoms with Crippen LogP contribution >= 0.6 is 0 Å². The first-order valence-corrected chi connectivity index (χ1v) is 9.61. The van der Waals surface area contributed by atoms with Gasteiger partial charge in [-0.3, -0.25) is 4.79 Å². The number of amides is 1. The Morgan fingerprint density at radius 3 is 2.85 bits per heavy atom. The van der Waals surface area contributed by atoms with Crippen molar-refractivity contribution >= 4 is 5.91 Å². The number of phenols is 1. The third-order valence-electron chi connectivity index (χ3n) is 6.04. The molecule has 6 heteroatoms. The zero-order chi connectivity index (χ0) is 18.1. The first-order valence-electron chi connectivity index (χ1n) is 9.61. The second kappa shape index (κ2) is 7.08. The van der Waals surface area contributed by atoms with Crippen LogP contribution in [0, 0.1) is 0 Å². The highest BCUT2D eigenvalue weighted by molar-refractivity contribution is 5.76. The van der Waals surface area contributed by atoms with Gasteiger partial charge in [0.05, 0.1) is 19.3 Å². The molecule has 0 radical (unpaired) electrons. The molecule has 1 unspecified atom stereocenters. The van der Waals surface area contributed by atoms with E-state index in [1.165, 1.54) is 20.0 Å². The van der Waals surface area contributed by atoms with Crippen molar-refractivity contribution < 1.29 is 19.4 Å². The number of carbonyl (C=O) groups is 1. The number of benzene rings is 1. The summed E-state index contributed by atoms with van der Waals surface area (Å²) in [6, 6.07) is 6.41. The number of morpholine rings is 1. The topological polar surface area (TPSA) is 71.0 Å². The molecule has 3 fully saturated rings. The first kappa shape index (κ1) is 17.6. The van der Waals surface area contributed by atoms with Crippen LogP contribution < -0.4 is 10.1 Å². The average molecular weight is 360 g/mol. The van der Waals surface area contributed by atoms with Crippen LogP contribution in [0.25, 0.3) is 0 Å². The van der Waals surface area contributed by atoms with Gasteiger partial charge in [0, 0.05) is 31.6 Å². The molecule has 0 aromatic heterocycles. The zero-order valence-electron chi connectivity index (χ0n) is 15.4. The number of aromatic hydroxyl groups is 1. The van der Waals surface area contributed by atoms with Crippen molar-refractivity contribution in [1.82, 2.24) is 10.2 Å². The summed E-state index contributed by atoms with van der Waals surface area (Å²) >= 11 is 0.